The molecule has 43 heavy (non-hydrogen) atoms. The van der Waals surface area contributed by atoms with Gasteiger partial charge in [-0.25, -0.2) is 13.1 Å². The second kappa shape index (κ2) is 15.6. The van der Waals surface area contributed by atoms with Crippen LogP contribution >= 0.6 is 24.8 Å². The second-order valence-electron chi connectivity index (χ2n) is 9.28. The molecular weight excluding hydrogens is 619 g/mol. The van der Waals surface area contributed by atoms with E-state index in [2.05, 4.69) is 4.72 Å². The molecule has 0 aliphatic heterocycles. The number of ether oxygens (including phenoxy) is 2. The van der Waals surface area contributed by atoms with Gasteiger partial charge in [0.15, 0.2) is 11.5 Å². The fourth-order valence-electron chi connectivity index (χ4n) is 4.31. The van der Waals surface area contributed by atoms with Gasteiger partial charge in [-0.3, -0.25) is 14.4 Å². The summed E-state index contributed by atoms with van der Waals surface area (Å²) in [7, 11) is -2.20. The number of likely N-dealkylation sites (N-methyl/N-ethyl adjacent to an activating group) is 1. The van der Waals surface area contributed by atoms with Crippen molar-refractivity contribution in [2.45, 2.75) is 23.8 Å². The van der Waals surface area contributed by atoms with E-state index in [-0.39, 0.29) is 53.8 Å². The van der Waals surface area contributed by atoms with Crippen LogP contribution in [0.2, 0.25) is 0 Å². The molecule has 4 rings (SSSR count). The van der Waals surface area contributed by atoms with Crippen LogP contribution in [0.15, 0.2) is 77.7 Å². The molecule has 0 saturated carbocycles. The van der Waals surface area contributed by atoms with Gasteiger partial charge in [0.1, 0.15) is 0 Å². The largest absolute Gasteiger partial charge is 0.422 e. The molecular formula is C29H32Cl2N4O7S. The first-order valence-electron chi connectivity index (χ1n) is 12.7. The van der Waals surface area contributed by atoms with E-state index in [1.165, 1.54) is 41.3 Å². The number of fused-ring (bicyclic) bond motifs is 1. The number of carbonyl (C=O) groups excluding carboxylic acids is 3. The molecule has 0 fully saturated rings. The van der Waals surface area contributed by atoms with Crippen LogP contribution in [0.1, 0.15) is 16.7 Å². The van der Waals surface area contributed by atoms with Crippen LogP contribution in [0, 0.1) is 0 Å². The molecule has 1 aliphatic rings. The van der Waals surface area contributed by atoms with Gasteiger partial charge < -0.3 is 25.8 Å². The summed E-state index contributed by atoms with van der Waals surface area (Å²) < 4.78 is 38.9. The Bertz CT molecular complexity index is 1570. The standard InChI is InChI=1S/C29H30N4O7S.2ClH/c1-33(27(34)13-7-19-6-12-25(39-28(35)17-30)26(14-19)40-29(36)18-31)23-8-10-24(11-9-23)41(37,38)32-22-15-20-4-2-3-5-21(20)16-22;;/h2-14,22,32H,15-18,30-31H2,1H3;2*1H. The molecule has 0 aromatic heterocycles. The zero-order chi connectivity index (χ0) is 29.6. The molecule has 0 saturated heterocycles. The molecule has 14 heteroatoms. The molecule has 0 spiro atoms. The van der Waals surface area contributed by atoms with E-state index in [1.54, 1.807) is 25.2 Å². The summed E-state index contributed by atoms with van der Waals surface area (Å²) in [5.74, 6) is -1.96. The monoisotopic (exact) mass is 650 g/mol. The van der Waals surface area contributed by atoms with E-state index < -0.39 is 34.4 Å². The Morgan fingerprint density at radius 1 is 0.884 bits per heavy atom. The minimum atomic E-state index is -3.75. The van der Waals surface area contributed by atoms with Crippen molar-refractivity contribution in [2.75, 3.05) is 25.0 Å². The van der Waals surface area contributed by atoms with Crippen LogP contribution in [0.25, 0.3) is 6.08 Å². The Balaban J connectivity index is 0.00000323. The lowest BCUT2D eigenvalue weighted by atomic mass is 10.1. The molecule has 11 nitrogen and oxygen atoms in total. The quantitative estimate of drug-likeness (QED) is 0.169. The van der Waals surface area contributed by atoms with Crippen molar-refractivity contribution in [2.24, 2.45) is 11.5 Å². The molecule has 1 aliphatic carbocycles. The van der Waals surface area contributed by atoms with Crippen molar-refractivity contribution in [1.82, 2.24) is 4.72 Å². The number of nitrogens with zero attached hydrogens (tertiary/aromatic N) is 1. The average Bonchev–Trinajstić information content (AvgIpc) is 3.38. The van der Waals surface area contributed by atoms with Crippen LogP contribution in [-0.4, -0.2) is 52.4 Å². The minimum Gasteiger partial charge on any atom is -0.422 e. The van der Waals surface area contributed by atoms with E-state index in [0.717, 1.165) is 11.1 Å². The van der Waals surface area contributed by atoms with E-state index in [1.807, 2.05) is 24.3 Å². The topological polar surface area (TPSA) is 171 Å². The molecule has 5 N–H and O–H groups in total. The van der Waals surface area contributed by atoms with E-state index in [0.29, 0.717) is 24.1 Å². The summed E-state index contributed by atoms with van der Waals surface area (Å²) >= 11 is 0. The van der Waals surface area contributed by atoms with Gasteiger partial charge in [0.2, 0.25) is 10.0 Å². The number of nitrogens with two attached hydrogens (primary N) is 2. The van der Waals surface area contributed by atoms with Gasteiger partial charge in [-0.1, -0.05) is 30.3 Å². The fourth-order valence-corrected chi connectivity index (χ4v) is 5.54. The Morgan fingerprint density at radius 2 is 1.44 bits per heavy atom. The van der Waals surface area contributed by atoms with Crippen molar-refractivity contribution in [3.63, 3.8) is 0 Å². The number of hydrogen-bond donors (Lipinski definition) is 3. The van der Waals surface area contributed by atoms with Crippen molar-refractivity contribution in [1.29, 1.82) is 0 Å². The van der Waals surface area contributed by atoms with Gasteiger partial charge in [0.05, 0.1) is 18.0 Å². The molecule has 1 amide bonds. The SMILES string of the molecule is CN(C(=O)C=Cc1ccc(OC(=O)CN)c(OC(=O)CN)c1)c1ccc(S(=O)(=O)NC2Cc3ccccc3C2)cc1.Cl.Cl. The number of sulfonamides is 1. The van der Waals surface area contributed by atoms with Crippen molar-refractivity contribution >= 4 is 64.4 Å². The highest BCUT2D eigenvalue weighted by Crippen LogP contribution is 2.29. The zero-order valence-electron chi connectivity index (χ0n) is 23.1. The number of esters is 2. The van der Waals surface area contributed by atoms with Crippen LogP contribution in [0.5, 0.6) is 11.5 Å². The summed E-state index contributed by atoms with van der Waals surface area (Å²) in [5, 5.41) is 0. The fraction of sp³-hybridized carbons (Fsp3) is 0.207. The van der Waals surface area contributed by atoms with Gasteiger partial charge in [-0.15, -0.1) is 24.8 Å². The van der Waals surface area contributed by atoms with Crippen molar-refractivity contribution < 1.29 is 32.3 Å². The lowest BCUT2D eigenvalue weighted by Crippen LogP contribution is -2.35. The smallest absolute Gasteiger partial charge is 0.325 e. The number of anilines is 1. The highest BCUT2D eigenvalue weighted by atomic mass is 35.5. The third-order valence-corrected chi connectivity index (χ3v) is 7.94. The third-order valence-electron chi connectivity index (χ3n) is 6.40. The van der Waals surface area contributed by atoms with Gasteiger partial charge in [0.25, 0.3) is 5.91 Å². The van der Waals surface area contributed by atoms with Gasteiger partial charge in [-0.2, -0.15) is 0 Å². The summed E-state index contributed by atoms with van der Waals surface area (Å²) in [6.07, 6.45) is 4.04. The molecule has 3 aromatic rings. The van der Waals surface area contributed by atoms with E-state index in [9.17, 15) is 22.8 Å². The van der Waals surface area contributed by atoms with Gasteiger partial charge in [0, 0.05) is 24.9 Å². The zero-order valence-corrected chi connectivity index (χ0v) is 25.5. The highest BCUT2D eigenvalue weighted by molar-refractivity contribution is 7.89. The molecule has 0 radical (unpaired) electrons. The van der Waals surface area contributed by atoms with E-state index in [4.69, 9.17) is 20.9 Å². The molecule has 230 valence electrons. The number of halogens is 2. The number of amides is 1. The van der Waals surface area contributed by atoms with Crippen LogP contribution in [-0.2, 0) is 37.2 Å². The highest BCUT2D eigenvalue weighted by Gasteiger charge is 2.26. The number of rotatable bonds is 10. The summed E-state index contributed by atoms with van der Waals surface area (Å²) in [5.41, 5.74) is 13.8. The number of nitrogens with one attached hydrogen (secondary N) is 1. The number of benzene rings is 3. The van der Waals surface area contributed by atoms with Crippen molar-refractivity contribution in [3.8, 4) is 11.5 Å². The minimum absolute atomic E-state index is 0. The van der Waals surface area contributed by atoms with Crippen LogP contribution in [0.4, 0.5) is 5.69 Å². The molecule has 3 aromatic carbocycles. The maximum absolute atomic E-state index is 13.0. The van der Waals surface area contributed by atoms with Crippen LogP contribution in [0.3, 0.4) is 0 Å². The Labute approximate surface area is 262 Å². The Morgan fingerprint density at radius 3 is 2.00 bits per heavy atom. The Kier molecular flexibility index (Phi) is 12.9. The average molecular weight is 652 g/mol. The predicted molar refractivity (Wildman–Crippen MR) is 167 cm³/mol. The summed E-state index contributed by atoms with van der Waals surface area (Å²) in [6.45, 7) is -0.760. The summed E-state index contributed by atoms with van der Waals surface area (Å²) in [6, 6.07) is 18.0. The molecule has 0 unspecified atom stereocenters. The predicted octanol–water partition coefficient (Wildman–Crippen LogP) is 2.38. The lowest BCUT2D eigenvalue weighted by molar-refractivity contribution is -0.135. The summed E-state index contributed by atoms with van der Waals surface area (Å²) in [4.78, 5) is 37.5. The molecule has 0 heterocycles. The maximum Gasteiger partial charge on any atom is 0.325 e. The van der Waals surface area contributed by atoms with Crippen molar-refractivity contribution in [3.05, 3.63) is 89.5 Å². The van der Waals surface area contributed by atoms with E-state index >= 15 is 0 Å². The second-order valence-corrected chi connectivity index (χ2v) is 11.0. The first-order valence-corrected chi connectivity index (χ1v) is 14.2. The Hall–Kier alpha value is -3.78. The lowest BCUT2D eigenvalue weighted by Gasteiger charge is -2.17. The van der Waals surface area contributed by atoms with Crippen LogP contribution < -0.4 is 30.6 Å². The molecule has 0 atom stereocenters. The third kappa shape index (κ3) is 9.10. The first-order chi connectivity index (χ1) is 19.6. The molecule has 0 bridgehead atoms. The maximum atomic E-state index is 13.0. The number of hydrogen-bond acceptors (Lipinski definition) is 9. The first kappa shape index (κ1) is 35.4. The van der Waals surface area contributed by atoms with Gasteiger partial charge in [-0.05, 0) is 72.0 Å². The number of carbonyl (C=O) groups is 3. The van der Waals surface area contributed by atoms with Gasteiger partial charge >= 0.3 is 11.9 Å². The normalized spacial score (nSPS) is 12.5.